The standard InChI is InChI=1S/C20H23NO5/c1-2-25-14-19(22)21-18(20(23)24)12-15-8-10-17(11-9-15)26-13-16-6-4-3-5-7-16/h3-11,18H,2,12-14H2,1H3,(H,21,22)(H,23,24)/t18-/m1/s1. The van der Waals surface area contributed by atoms with Gasteiger partial charge in [0.15, 0.2) is 0 Å². The first-order valence-corrected chi connectivity index (χ1v) is 8.44. The summed E-state index contributed by atoms with van der Waals surface area (Å²) in [5, 5.41) is 11.8. The fourth-order valence-electron chi connectivity index (χ4n) is 2.33. The van der Waals surface area contributed by atoms with E-state index in [0.29, 0.717) is 19.0 Å². The van der Waals surface area contributed by atoms with Gasteiger partial charge in [-0.25, -0.2) is 4.79 Å². The van der Waals surface area contributed by atoms with E-state index in [0.717, 1.165) is 11.1 Å². The Morgan fingerprint density at radius 2 is 1.73 bits per heavy atom. The minimum absolute atomic E-state index is 0.146. The maximum absolute atomic E-state index is 11.7. The quantitative estimate of drug-likeness (QED) is 0.682. The van der Waals surface area contributed by atoms with Gasteiger partial charge in [0.2, 0.25) is 5.91 Å². The van der Waals surface area contributed by atoms with Gasteiger partial charge in [0.05, 0.1) is 0 Å². The van der Waals surface area contributed by atoms with Gasteiger partial charge in [0.1, 0.15) is 25.0 Å². The number of aliphatic carboxylic acids is 1. The van der Waals surface area contributed by atoms with Crippen LogP contribution in [-0.2, 0) is 27.4 Å². The number of benzene rings is 2. The normalized spacial score (nSPS) is 11.6. The van der Waals surface area contributed by atoms with E-state index >= 15 is 0 Å². The maximum Gasteiger partial charge on any atom is 0.326 e. The molecule has 2 aromatic rings. The molecule has 1 amide bonds. The summed E-state index contributed by atoms with van der Waals surface area (Å²) in [5.74, 6) is -0.828. The lowest BCUT2D eigenvalue weighted by Crippen LogP contribution is -2.43. The molecule has 2 N–H and O–H groups in total. The second-order valence-electron chi connectivity index (χ2n) is 5.72. The van der Waals surface area contributed by atoms with Crippen LogP contribution in [0.2, 0.25) is 0 Å². The summed E-state index contributed by atoms with van der Waals surface area (Å²) in [6.45, 7) is 2.48. The topological polar surface area (TPSA) is 84.9 Å². The van der Waals surface area contributed by atoms with Gasteiger partial charge in [-0.2, -0.15) is 0 Å². The Kier molecular flexibility index (Phi) is 7.64. The van der Waals surface area contributed by atoms with Crippen LogP contribution in [0.4, 0.5) is 0 Å². The van der Waals surface area contributed by atoms with Gasteiger partial charge in [0.25, 0.3) is 0 Å². The molecule has 1 atom stereocenters. The van der Waals surface area contributed by atoms with Gasteiger partial charge in [-0.15, -0.1) is 0 Å². The molecular weight excluding hydrogens is 334 g/mol. The lowest BCUT2D eigenvalue weighted by Gasteiger charge is -2.15. The number of rotatable bonds is 10. The van der Waals surface area contributed by atoms with E-state index in [4.69, 9.17) is 9.47 Å². The van der Waals surface area contributed by atoms with Crippen molar-refractivity contribution in [3.8, 4) is 5.75 Å². The molecule has 0 bridgehead atoms. The van der Waals surface area contributed by atoms with Crippen molar-refractivity contribution in [2.45, 2.75) is 26.0 Å². The first-order valence-electron chi connectivity index (χ1n) is 8.44. The van der Waals surface area contributed by atoms with Gasteiger partial charge < -0.3 is 19.9 Å². The number of amides is 1. The van der Waals surface area contributed by atoms with Crippen molar-refractivity contribution in [2.24, 2.45) is 0 Å². The van der Waals surface area contributed by atoms with E-state index in [-0.39, 0.29) is 13.0 Å². The summed E-state index contributed by atoms with van der Waals surface area (Å²) < 4.78 is 10.7. The fraction of sp³-hybridized carbons (Fsp3) is 0.300. The van der Waals surface area contributed by atoms with Gasteiger partial charge >= 0.3 is 5.97 Å². The molecule has 2 aromatic carbocycles. The zero-order chi connectivity index (χ0) is 18.8. The third kappa shape index (κ3) is 6.57. The molecule has 0 saturated carbocycles. The largest absolute Gasteiger partial charge is 0.489 e. The first kappa shape index (κ1) is 19.5. The Balaban J connectivity index is 1.89. The van der Waals surface area contributed by atoms with Crippen LogP contribution in [-0.4, -0.2) is 36.2 Å². The van der Waals surface area contributed by atoms with Gasteiger partial charge in [0, 0.05) is 13.0 Å². The highest BCUT2D eigenvalue weighted by Crippen LogP contribution is 2.15. The third-order valence-corrected chi connectivity index (χ3v) is 3.68. The molecule has 2 rings (SSSR count). The molecule has 6 heteroatoms. The minimum Gasteiger partial charge on any atom is -0.489 e. The number of carbonyl (C=O) groups excluding carboxylic acids is 1. The molecule has 0 fully saturated rings. The average molecular weight is 357 g/mol. The molecule has 26 heavy (non-hydrogen) atoms. The van der Waals surface area contributed by atoms with Crippen LogP contribution in [0.3, 0.4) is 0 Å². The van der Waals surface area contributed by atoms with Crippen LogP contribution in [0.15, 0.2) is 54.6 Å². The second-order valence-corrected chi connectivity index (χ2v) is 5.72. The Morgan fingerprint density at radius 3 is 2.35 bits per heavy atom. The average Bonchev–Trinajstić information content (AvgIpc) is 2.66. The number of hydrogen-bond donors (Lipinski definition) is 2. The van der Waals surface area contributed by atoms with E-state index in [1.165, 1.54) is 0 Å². The zero-order valence-corrected chi connectivity index (χ0v) is 14.7. The number of hydrogen-bond acceptors (Lipinski definition) is 4. The molecule has 0 aromatic heterocycles. The van der Waals surface area contributed by atoms with E-state index in [1.807, 2.05) is 30.3 Å². The van der Waals surface area contributed by atoms with Crippen LogP contribution in [0.1, 0.15) is 18.1 Å². The molecule has 0 aliphatic carbocycles. The van der Waals surface area contributed by atoms with Crippen molar-refractivity contribution in [1.29, 1.82) is 0 Å². The Hall–Kier alpha value is -2.86. The highest BCUT2D eigenvalue weighted by molar-refractivity contribution is 5.84. The van der Waals surface area contributed by atoms with Crippen LogP contribution in [0.25, 0.3) is 0 Å². The highest BCUT2D eigenvalue weighted by atomic mass is 16.5. The Morgan fingerprint density at radius 1 is 1.04 bits per heavy atom. The third-order valence-electron chi connectivity index (χ3n) is 3.68. The van der Waals surface area contributed by atoms with Crippen molar-refractivity contribution in [1.82, 2.24) is 5.32 Å². The summed E-state index contributed by atoms with van der Waals surface area (Å²) in [4.78, 5) is 23.0. The van der Waals surface area contributed by atoms with Gasteiger partial charge in [-0.05, 0) is 30.2 Å². The molecule has 0 heterocycles. The smallest absolute Gasteiger partial charge is 0.326 e. The molecule has 0 spiro atoms. The van der Waals surface area contributed by atoms with Crippen molar-refractivity contribution in [2.75, 3.05) is 13.2 Å². The molecule has 0 radical (unpaired) electrons. The zero-order valence-electron chi connectivity index (χ0n) is 14.7. The summed E-state index contributed by atoms with van der Waals surface area (Å²) in [6.07, 6.45) is 0.187. The molecular formula is C20H23NO5. The predicted molar refractivity (Wildman–Crippen MR) is 97.0 cm³/mol. The monoisotopic (exact) mass is 357 g/mol. The van der Waals surface area contributed by atoms with Gasteiger partial charge in [-0.1, -0.05) is 42.5 Å². The molecule has 138 valence electrons. The number of carbonyl (C=O) groups is 2. The van der Waals surface area contributed by atoms with Crippen LogP contribution >= 0.6 is 0 Å². The minimum atomic E-state index is -1.08. The van der Waals surface area contributed by atoms with Crippen molar-refractivity contribution in [3.63, 3.8) is 0 Å². The number of carboxylic acids is 1. The van der Waals surface area contributed by atoms with Crippen LogP contribution < -0.4 is 10.1 Å². The number of nitrogens with one attached hydrogen (secondary N) is 1. The summed E-state index contributed by atoms with van der Waals surface area (Å²) in [6, 6.07) is 16.0. The Bertz CT molecular complexity index is 700. The SMILES string of the molecule is CCOCC(=O)N[C@H](Cc1ccc(OCc2ccccc2)cc1)C(=O)O. The molecule has 0 aliphatic rings. The van der Waals surface area contributed by atoms with E-state index in [9.17, 15) is 14.7 Å². The lowest BCUT2D eigenvalue weighted by atomic mass is 10.1. The molecule has 0 saturated heterocycles. The molecule has 0 unspecified atom stereocenters. The summed E-state index contributed by atoms with van der Waals surface area (Å²) in [5.41, 5.74) is 1.86. The lowest BCUT2D eigenvalue weighted by molar-refractivity contribution is -0.142. The maximum atomic E-state index is 11.7. The van der Waals surface area contributed by atoms with Crippen LogP contribution in [0, 0.1) is 0 Å². The first-order chi connectivity index (χ1) is 12.6. The molecule has 6 nitrogen and oxygen atoms in total. The van der Waals surface area contributed by atoms with Crippen molar-refractivity contribution in [3.05, 3.63) is 65.7 Å². The summed E-state index contributed by atoms with van der Waals surface area (Å²) in [7, 11) is 0. The van der Waals surface area contributed by atoms with Crippen LogP contribution in [0.5, 0.6) is 5.75 Å². The Labute approximate surface area is 152 Å². The van der Waals surface area contributed by atoms with Gasteiger partial charge in [-0.3, -0.25) is 4.79 Å². The van der Waals surface area contributed by atoms with E-state index < -0.39 is 17.9 Å². The molecule has 0 aliphatic heterocycles. The summed E-state index contributed by atoms with van der Waals surface area (Å²) >= 11 is 0. The number of ether oxygens (including phenoxy) is 2. The highest BCUT2D eigenvalue weighted by Gasteiger charge is 2.20. The van der Waals surface area contributed by atoms with Crippen molar-refractivity contribution >= 4 is 11.9 Å². The fourth-order valence-corrected chi connectivity index (χ4v) is 2.33. The predicted octanol–water partition coefficient (Wildman–Crippen LogP) is 2.41. The van der Waals surface area contributed by atoms with E-state index in [1.54, 1.807) is 31.2 Å². The van der Waals surface area contributed by atoms with E-state index in [2.05, 4.69) is 5.32 Å². The number of carboxylic acid groups (broad SMARTS) is 1. The second kappa shape index (κ2) is 10.2. The van der Waals surface area contributed by atoms with Crippen molar-refractivity contribution < 1.29 is 24.2 Å².